The molecule has 0 N–H and O–H groups in total. The molecule has 0 aliphatic carbocycles. The number of carbonyl (C=O) groups excluding carboxylic acids is 1. The van der Waals surface area contributed by atoms with Gasteiger partial charge in [-0.3, -0.25) is 4.79 Å². The fraction of sp³-hybridized carbons (Fsp3) is 0.182. The zero-order chi connectivity index (χ0) is 14.2. The molecule has 1 heterocycles. The van der Waals surface area contributed by atoms with Crippen LogP contribution in [0.1, 0.15) is 16.1 Å². The van der Waals surface area contributed by atoms with Gasteiger partial charge in [-0.15, -0.1) is 5.10 Å². The number of carbonyl (C=O) groups is 1. The van der Waals surface area contributed by atoms with Crippen LogP contribution in [0.5, 0.6) is 0 Å². The van der Waals surface area contributed by atoms with Crippen molar-refractivity contribution in [1.29, 1.82) is 0 Å². The highest BCUT2D eigenvalue weighted by Gasteiger charge is 2.41. The molecule has 2 aromatic rings. The molecular weight excluding hydrogens is 283 g/mol. The quantitative estimate of drug-likeness (QED) is 0.799. The van der Waals surface area contributed by atoms with Crippen LogP contribution in [0, 0.1) is 6.92 Å². The van der Waals surface area contributed by atoms with Gasteiger partial charge in [0.1, 0.15) is 0 Å². The number of aromatic nitrogens is 3. The lowest BCUT2D eigenvalue weighted by Gasteiger charge is -2.04. The molecule has 0 saturated heterocycles. The summed E-state index contributed by atoms with van der Waals surface area (Å²) in [7, 11) is 0. The monoisotopic (exact) mass is 289 g/mol. The van der Waals surface area contributed by atoms with Crippen molar-refractivity contribution in [3.8, 4) is 5.69 Å². The molecule has 0 bridgehead atoms. The number of Topliss-reactive ketones (excluding diaryl/α,β-unsaturated/α-hetero) is 1. The van der Waals surface area contributed by atoms with Crippen LogP contribution in [0.3, 0.4) is 0 Å². The van der Waals surface area contributed by atoms with Gasteiger partial charge >= 0.3 is 6.18 Å². The number of halogens is 4. The Bertz CT molecular complexity index is 636. The van der Waals surface area contributed by atoms with E-state index in [1.165, 1.54) is 6.07 Å². The molecule has 2 rings (SSSR count). The van der Waals surface area contributed by atoms with Gasteiger partial charge in [0.25, 0.3) is 5.78 Å². The van der Waals surface area contributed by atoms with Crippen LogP contribution >= 0.6 is 11.6 Å². The van der Waals surface area contributed by atoms with E-state index in [4.69, 9.17) is 11.6 Å². The average Bonchev–Trinajstić information content (AvgIpc) is 2.79. The van der Waals surface area contributed by atoms with Crippen molar-refractivity contribution < 1.29 is 18.0 Å². The van der Waals surface area contributed by atoms with Crippen LogP contribution in [0.15, 0.2) is 24.4 Å². The third-order valence-corrected chi connectivity index (χ3v) is 2.64. The maximum absolute atomic E-state index is 12.2. The van der Waals surface area contributed by atoms with E-state index >= 15 is 0 Å². The van der Waals surface area contributed by atoms with Gasteiger partial charge in [-0.1, -0.05) is 22.9 Å². The summed E-state index contributed by atoms with van der Waals surface area (Å²) in [5.74, 6) is -2.03. The molecule has 0 saturated carbocycles. The molecular formula is C11H7ClF3N3O. The number of aryl methyl sites for hydroxylation is 1. The normalized spacial score (nSPS) is 11.6. The molecule has 1 aromatic carbocycles. The smallest absolute Gasteiger partial charge is 0.282 e. The third-order valence-electron chi connectivity index (χ3n) is 2.40. The van der Waals surface area contributed by atoms with Crippen molar-refractivity contribution in [1.82, 2.24) is 15.0 Å². The van der Waals surface area contributed by atoms with E-state index in [1.54, 1.807) is 19.1 Å². The van der Waals surface area contributed by atoms with Crippen molar-refractivity contribution in [2.45, 2.75) is 13.1 Å². The minimum atomic E-state index is -4.97. The molecule has 0 unspecified atom stereocenters. The molecule has 0 aliphatic rings. The number of hydrogen-bond donors (Lipinski definition) is 0. The Morgan fingerprint density at radius 2 is 2.05 bits per heavy atom. The first-order chi connectivity index (χ1) is 8.79. The summed E-state index contributed by atoms with van der Waals surface area (Å²) >= 11 is 5.80. The van der Waals surface area contributed by atoms with Crippen molar-refractivity contribution in [3.63, 3.8) is 0 Å². The Balaban J connectivity index is 2.42. The van der Waals surface area contributed by atoms with Crippen LogP contribution in [0.25, 0.3) is 5.69 Å². The van der Waals surface area contributed by atoms with E-state index < -0.39 is 17.7 Å². The van der Waals surface area contributed by atoms with Crippen LogP contribution in [-0.2, 0) is 0 Å². The van der Waals surface area contributed by atoms with Crippen LogP contribution in [0.2, 0.25) is 5.02 Å². The molecule has 0 atom stereocenters. The van der Waals surface area contributed by atoms with Gasteiger partial charge in [0.2, 0.25) is 0 Å². The molecule has 100 valence electrons. The number of rotatable bonds is 2. The SMILES string of the molecule is Cc1ccc(Cl)cc1-n1cc(C(=O)C(F)(F)F)nn1. The van der Waals surface area contributed by atoms with Crippen molar-refractivity contribution >= 4 is 17.4 Å². The molecule has 0 fully saturated rings. The second-order valence-corrected chi connectivity index (χ2v) is 4.24. The third kappa shape index (κ3) is 2.76. The van der Waals surface area contributed by atoms with E-state index in [-0.39, 0.29) is 0 Å². The predicted molar refractivity (Wildman–Crippen MR) is 61.5 cm³/mol. The molecule has 4 nitrogen and oxygen atoms in total. The van der Waals surface area contributed by atoms with Crippen LogP contribution < -0.4 is 0 Å². The highest BCUT2D eigenvalue weighted by Crippen LogP contribution is 2.22. The fourth-order valence-electron chi connectivity index (χ4n) is 1.46. The van der Waals surface area contributed by atoms with Gasteiger partial charge in [0, 0.05) is 5.02 Å². The topological polar surface area (TPSA) is 47.8 Å². The molecule has 19 heavy (non-hydrogen) atoms. The lowest BCUT2D eigenvalue weighted by atomic mass is 10.2. The van der Waals surface area contributed by atoms with E-state index in [1.807, 2.05) is 0 Å². The zero-order valence-electron chi connectivity index (χ0n) is 9.57. The summed E-state index contributed by atoms with van der Waals surface area (Å²) in [5, 5.41) is 7.14. The van der Waals surface area contributed by atoms with Gasteiger partial charge in [-0.05, 0) is 24.6 Å². The van der Waals surface area contributed by atoms with Crippen molar-refractivity contribution in [2.24, 2.45) is 0 Å². The van der Waals surface area contributed by atoms with E-state index in [0.29, 0.717) is 10.7 Å². The van der Waals surface area contributed by atoms with Crippen molar-refractivity contribution in [3.05, 3.63) is 40.7 Å². The number of nitrogens with zero attached hydrogens (tertiary/aromatic N) is 3. The van der Waals surface area contributed by atoms with Crippen molar-refractivity contribution in [2.75, 3.05) is 0 Å². The summed E-state index contributed by atoms with van der Waals surface area (Å²) in [6.07, 6.45) is -4.04. The molecule has 0 spiro atoms. The van der Waals surface area contributed by atoms with Gasteiger partial charge in [0.15, 0.2) is 5.69 Å². The minimum Gasteiger partial charge on any atom is -0.282 e. The van der Waals surface area contributed by atoms with E-state index in [9.17, 15) is 18.0 Å². The lowest BCUT2D eigenvalue weighted by molar-refractivity contribution is -0.0888. The summed E-state index contributed by atoms with van der Waals surface area (Å²) < 4.78 is 37.8. The summed E-state index contributed by atoms with van der Waals surface area (Å²) in [5.41, 5.74) is 0.438. The number of ketones is 1. The van der Waals surface area contributed by atoms with Crippen LogP contribution in [0.4, 0.5) is 13.2 Å². The minimum absolute atomic E-state index is 0.403. The first-order valence-electron chi connectivity index (χ1n) is 5.09. The molecule has 0 aliphatic heterocycles. The maximum Gasteiger partial charge on any atom is 0.456 e. The largest absolute Gasteiger partial charge is 0.456 e. The lowest BCUT2D eigenvalue weighted by Crippen LogP contribution is -2.23. The summed E-state index contributed by atoms with van der Waals surface area (Å²) in [6, 6.07) is 4.84. The van der Waals surface area contributed by atoms with Crippen LogP contribution in [-0.4, -0.2) is 27.0 Å². The second kappa shape index (κ2) is 4.65. The maximum atomic E-state index is 12.2. The van der Waals surface area contributed by atoms with E-state index in [2.05, 4.69) is 10.3 Å². The Kier molecular flexibility index (Phi) is 3.32. The van der Waals surface area contributed by atoms with E-state index in [0.717, 1.165) is 16.4 Å². The summed E-state index contributed by atoms with van der Waals surface area (Å²) in [4.78, 5) is 11.0. The fourth-order valence-corrected chi connectivity index (χ4v) is 1.63. The van der Waals surface area contributed by atoms with Gasteiger partial charge in [-0.25, -0.2) is 4.68 Å². The Morgan fingerprint density at radius 3 is 2.68 bits per heavy atom. The molecule has 8 heteroatoms. The van der Waals surface area contributed by atoms with Gasteiger partial charge in [0.05, 0.1) is 11.9 Å². The first-order valence-corrected chi connectivity index (χ1v) is 5.47. The Hall–Kier alpha value is -1.89. The van der Waals surface area contributed by atoms with Gasteiger partial charge < -0.3 is 0 Å². The van der Waals surface area contributed by atoms with Gasteiger partial charge in [-0.2, -0.15) is 13.2 Å². The second-order valence-electron chi connectivity index (χ2n) is 3.81. The highest BCUT2D eigenvalue weighted by atomic mass is 35.5. The molecule has 0 amide bonds. The first kappa shape index (κ1) is 13.5. The molecule has 0 radical (unpaired) electrons. The Morgan fingerprint density at radius 1 is 1.37 bits per heavy atom. The number of alkyl halides is 3. The summed E-state index contributed by atoms with van der Waals surface area (Å²) in [6.45, 7) is 1.73. The average molecular weight is 290 g/mol. The zero-order valence-corrected chi connectivity index (χ0v) is 10.3. The highest BCUT2D eigenvalue weighted by molar-refractivity contribution is 6.30. The molecule has 1 aromatic heterocycles. The predicted octanol–water partition coefficient (Wildman–Crippen LogP) is 2.97. The standard InChI is InChI=1S/C11H7ClF3N3O/c1-6-2-3-7(12)4-9(6)18-5-8(16-17-18)10(19)11(13,14)15/h2-5H,1H3. The Labute approximate surface area is 110 Å². The number of benzene rings is 1. The number of hydrogen-bond acceptors (Lipinski definition) is 3.